The van der Waals surface area contributed by atoms with Gasteiger partial charge in [-0.2, -0.15) is 4.31 Å². The molecule has 0 aliphatic carbocycles. The van der Waals surface area contributed by atoms with E-state index in [1.165, 1.54) is 4.31 Å². The topological polar surface area (TPSA) is 96.0 Å². The first-order chi connectivity index (χ1) is 13.6. The molecule has 162 valence electrons. The van der Waals surface area contributed by atoms with E-state index in [0.717, 1.165) is 5.56 Å². The Bertz CT molecular complexity index is 846. The molecule has 9 heteroatoms. The largest absolute Gasteiger partial charge is 0.450 e. The fourth-order valence-electron chi connectivity index (χ4n) is 3.28. The van der Waals surface area contributed by atoms with Crippen LogP contribution in [0.3, 0.4) is 0 Å². The summed E-state index contributed by atoms with van der Waals surface area (Å²) in [6, 6.07) is 4.65. The molecule has 1 saturated heterocycles. The summed E-state index contributed by atoms with van der Waals surface area (Å²) in [6.45, 7) is 10.2. The lowest BCUT2D eigenvalue weighted by Gasteiger charge is -2.36. The molecule has 1 aliphatic rings. The Morgan fingerprint density at radius 2 is 1.76 bits per heavy atom. The van der Waals surface area contributed by atoms with Gasteiger partial charge in [0.05, 0.1) is 11.5 Å². The highest BCUT2D eigenvalue weighted by atomic mass is 32.2. The molecular weight excluding hydrogens is 394 g/mol. The van der Waals surface area contributed by atoms with Crippen molar-refractivity contribution in [2.45, 2.75) is 45.6 Å². The van der Waals surface area contributed by atoms with Crippen LogP contribution in [0.25, 0.3) is 0 Å². The predicted octanol–water partition coefficient (Wildman–Crippen LogP) is 1.91. The second-order valence-corrected chi connectivity index (χ2v) is 9.49. The number of aryl methyl sites for hydroxylation is 2. The van der Waals surface area contributed by atoms with Gasteiger partial charge in [-0.15, -0.1) is 0 Å². The van der Waals surface area contributed by atoms with Crippen molar-refractivity contribution in [2.75, 3.05) is 32.8 Å². The second kappa shape index (κ2) is 9.58. The van der Waals surface area contributed by atoms with E-state index in [1.54, 1.807) is 30.9 Å². The maximum Gasteiger partial charge on any atom is 0.407 e. The van der Waals surface area contributed by atoms with Gasteiger partial charge in [0.15, 0.2) is 0 Å². The van der Waals surface area contributed by atoms with Crippen molar-refractivity contribution < 1.29 is 22.7 Å². The van der Waals surface area contributed by atoms with E-state index in [4.69, 9.17) is 4.74 Å². The first-order valence-electron chi connectivity index (χ1n) is 9.87. The van der Waals surface area contributed by atoms with E-state index in [2.05, 4.69) is 5.32 Å². The number of nitrogens with one attached hydrogen (secondary N) is 1. The van der Waals surface area contributed by atoms with Crippen LogP contribution in [0.4, 0.5) is 4.79 Å². The molecule has 0 radical (unpaired) electrons. The quantitative estimate of drug-likeness (QED) is 0.751. The highest BCUT2D eigenvalue weighted by molar-refractivity contribution is 7.89. The van der Waals surface area contributed by atoms with Crippen LogP contribution in [0.5, 0.6) is 0 Å². The molecule has 0 spiro atoms. The number of rotatable bonds is 6. The predicted molar refractivity (Wildman–Crippen MR) is 110 cm³/mol. The number of alkyl carbamates (subject to hydrolysis) is 1. The van der Waals surface area contributed by atoms with Crippen LogP contribution in [0.1, 0.15) is 31.9 Å². The van der Waals surface area contributed by atoms with Crippen molar-refractivity contribution in [1.29, 1.82) is 0 Å². The molecule has 1 unspecified atom stereocenters. The van der Waals surface area contributed by atoms with Crippen LogP contribution in [0.15, 0.2) is 23.1 Å². The summed E-state index contributed by atoms with van der Waals surface area (Å²) >= 11 is 0. The molecule has 1 N–H and O–H groups in total. The van der Waals surface area contributed by atoms with Crippen LogP contribution in [0.2, 0.25) is 0 Å². The van der Waals surface area contributed by atoms with Gasteiger partial charge in [0.2, 0.25) is 15.9 Å². The summed E-state index contributed by atoms with van der Waals surface area (Å²) in [6.07, 6.45) is -0.629. The lowest BCUT2D eigenvalue weighted by molar-refractivity contribution is -0.135. The standard InChI is InChI=1S/C20H31N3O5S/c1-6-28-20(25)21-18(14(2)3)19(24)22-9-11-23(12-10-22)29(26,27)17-13-15(4)7-8-16(17)5/h7-8,13-14,18H,6,9-12H2,1-5H3,(H,21,25). The minimum absolute atomic E-state index is 0.122. The number of amides is 2. The number of carbonyl (C=O) groups is 2. The van der Waals surface area contributed by atoms with E-state index in [1.807, 2.05) is 26.8 Å². The van der Waals surface area contributed by atoms with Crippen LogP contribution in [0, 0.1) is 19.8 Å². The summed E-state index contributed by atoms with van der Waals surface area (Å²) in [7, 11) is -3.62. The number of hydrogen-bond donors (Lipinski definition) is 1. The normalized spacial score (nSPS) is 16.6. The molecule has 29 heavy (non-hydrogen) atoms. The minimum atomic E-state index is -3.62. The molecular formula is C20H31N3O5S. The van der Waals surface area contributed by atoms with E-state index < -0.39 is 22.2 Å². The van der Waals surface area contributed by atoms with Gasteiger partial charge in [0.1, 0.15) is 6.04 Å². The van der Waals surface area contributed by atoms with E-state index in [-0.39, 0.29) is 44.6 Å². The van der Waals surface area contributed by atoms with Gasteiger partial charge in [-0.25, -0.2) is 13.2 Å². The maximum absolute atomic E-state index is 13.0. The Balaban J connectivity index is 2.08. The molecule has 2 rings (SSSR count). The van der Waals surface area contributed by atoms with Crippen molar-refractivity contribution in [1.82, 2.24) is 14.5 Å². The average Bonchev–Trinajstić information content (AvgIpc) is 2.67. The summed E-state index contributed by atoms with van der Waals surface area (Å²) in [5.41, 5.74) is 1.58. The number of nitrogens with zero attached hydrogens (tertiary/aromatic N) is 2. The fourth-order valence-corrected chi connectivity index (χ4v) is 5.02. The zero-order chi connectivity index (χ0) is 21.8. The highest BCUT2D eigenvalue weighted by Crippen LogP contribution is 2.23. The van der Waals surface area contributed by atoms with E-state index in [9.17, 15) is 18.0 Å². The van der Waals surface area contributed by atoms with Crippen LogP contribution in [-0.2, 0) is 19.6 Å². The second-order valence-electron chi connectivity index (χ2n) is 7.58. The number of ether oxygens (including phenoxy) is 1. The number of benzene rings is 1. The Morgan fingerprint density at radius 1 is 1.14 bits per heavy atom. The summed E-state index contributed by atoms with van der Waals surface area (Å²) in [5, 5.41) is 2.61. The van der Waals surface area contributed by atoms with Gasteiger partial charge in [-0.3, -0.25) is 4.79 Å². The summed E-state index contributed by atoms with van der Waals surface area (Å²) in [4.78, 5) is 26.6. The van der Waals surface area contributed by atoms with Crippen LogP contribution >= 0.6 is 0 Å². The minimum Gasteiger partial charge on any atom is -0.450 e. The molecule has 0 bridgehead atoms. The first-order valence-corrected chi connectivity index (χ1v) is 11.3. The Kier molecular flexibility index (Phi) is 7.65. The molecule has 1 aliphatic heterocycles. The third-order valence-corrected chi connectivity index (χ3v) is 7.03. The molecule has 0 saturated carbocycles. The smallest absolute Gasteiger partial charge is 0.407 e. The first kappa shape index (κ1) is 23.2. The fraction of sp³-hybridized carbons (Fsp3) is 0.600. The average molecular weight is 426 g/mol. The number of hydrogen-bond acceptors (Lipinski definition) is 5. The summed E-state index contributed by atoms with van der Waals surface area (Å²) in [5.74, 6) is -0.347. The van der Waals surface area contributed by atoms with Gasteiger partial charge >= 0.3 is 6.09 Å². The van der Waals surface area contributed by atoms with Gasteiger partial charge in [0, 0.05) is 26.2 Å². The van der Waals surface area contributed by atoms with E-state index >= 15 is 0 Å². The monoisotopic (exact) mass is 425 g/mol. The van der Waals surface area contributed by atoms with Crippen LogP contribution < -0.4 is 5.32 Å². The van der Waals surface area contributed by atoms with Crippen molar-refractivity contribution in [3.05, 3.63) is 29.3 Å². The number of carbonyl (C=O) groups excluding carboxylic acids is 2. The van der Waals surface area contributed by atoms with Crippen molar-refractivity contribution in [3.8, 4) is 0 Å². The van der Waals surface area contributed by atoms with Crippen LogP contribution in [-0.4, -0.2) is 68.5 Å². The maximum atomic E-state index is 13.0. The molecule has 2 amide bonds. The summed E-state index contributed by atoms with van der Waals surface area (Å²) < 4.78 is 32.4. The van der Waals surface area contributed by atoms with Gasteiger partial charge in [0.25, 0.3) is 0 Å². The van der Waals surface area contributed by atoms with Crippen molar-refractivity contribution in [2.24, 2.45) is 5.92 Å². The third kappa shape index (κ3) is 5.48. The molecule has 1 fully saturated rings. The SMILES string of the molecule is CCOC(=O)NC(C(=O)N1CCN(S(=O)(=O)c2cc(C)ccc2C)CC1)C(C)C. The zero-order valence-corrected chi connectivity index (χ0v) is 18.6. The lowest BCUT2D eigenvalue weighted by Crippen LogP contribution is -2.57. The van der Waals surface area contributed by atoms with Gasteiger partial charge in [-0.1, -0.05) is 26.0 Å². The molecule has 1 aromatic rings. The Labute approximate surface area is 173 Å². The number of sulfonamides is 1. The molecule has 1 aromatic carbocycles. The molecule has 1 atom stereocenters. The Hall–Kier alpha value is -2.13. The van der Waals surface area contributed by atoms with E-state index in [0.29, 0.717) is 10.5 Å². The van der Waals surface area contributed by atoms with Gasteiger partial charge < -0.3 is 15.0 Å². The number of piperazine rings is 1. The zero-order valence-electron chi connectivity index (χ0n) is 17.8. The van der Waals surface area contributed by atoms with Crippen molar-refractivity contribution in [3.63, 3.8) is 0 Å². The van der Waals surface area contributed by atoms with Gasteiger partial charge in [-0.05, 0) is 43.9 Å². The highest BCUT2D eigenvalue weighted by Gasteiger charge is 2.34. The molecule has 8 nitrogen and oxygen atoms in total. The Morgan fingerprint density at radius 3 is 2.31 bits per heavy atom. The molecule has 0 aromatic heterocycles. The van der Waals surface area contributed by atoms with Crippen molar-refractivity contribution >= 4 is 22.0 Å². The third-order valence-electron chi connectivity index (χ3n) is 4.99. The molecule has 1 heterocycles. The lowest BCUT2D eigenvalue weighted by atomic mass is 10.0.